The Morgan fingerprint density at radius 3 is 2.50 bits per heavy atom. The molecule has 0 spiro atoms. The Bertz CT molecular complexity index is 82.0. The van der Waals surface area contributed by atoms with Crippen molar-refractivity contribution in [2.24, 2.45) is 11.8 Å². The number of nitrogens with one attached hydrogen (secondary N) is 1. The maximum absolute atomic E-state index is 3.20. The van der Waals surface area contributed by atoms with Gasteiger partial charge in [0.2, 0.25) is 0 Å². The van der Waals surface area contributed by atoms with Crippen LogP contribution in [-0.4, -0.2) is 13.6 Å². The van der Waals surface area contributed by atoms with Gasteiger partial charge in [-0.15, -0.1) is 0 Å². The summed E-state index contributed by atoms with van der Waals surface area (Å²) in [7, 11) is 2.04. The predicted octanol–water partition coefficient (Wildman–Crippen LogP) is 2.03. The van der Waals surface area contributed by atoms with Crippen molar-refractivity contribution in [3.05, 3.63) is 0 Å². The Labute approximate surface area is 64.2 Å². The average molecular weight is 141 g/mol. The van der Waals surface area contributed by atoms with Crippen molar-refractivity contribution in [3.63, 3.8) is 0 Å². The molecule has 0 aromatic rings. The van der Waals surface area contributed by atoms with E-state index >= 15 is 0 Å². The minimum Gasteiger partial charge on any atom is -0.320 e. The molecule has 0 aromatic carbocycles. The monoisotopic (exact) mass is 141 g/mol. The molecule has 1 heteroatoms. The summed E-state index contributed by atoms with van der Waals surface area (Å²) in [5, 5.41) is 3.20. The summed E-state index contributed by atoms with van der Waals surface area (Å²) in [5.74, 6) is 2.12. The summed E-state index contributed by atoms with van der Waals surface area (Å²) >= 11 is 0. The van der Waals surface area contributed by atoms with E-state index in [9.17, 15) is 0 Å². The Morgan fingerprint density at radius 2 is 2.00 bits per heavy atom. The molecule has 0 radical (unpaired) electrons. The van der Waals surface area contributed by atoms with Gasteiger partial charge in [-0.2, -0.15) is 0 Å². The fourth-order valence-corrected chi connectivity index (χ4v) is 1.79. The van der Waals surface area contributed by atoms with E-state index < -0.39 is 0 Å². The Hall–Kier alpha value is -0.0400. The first kappa shape index (κ1) is 8.06. The molecule has 1 fully saturated rings. The van der Waals surface area contributed by atoms with E-state index in [4.69, 9.17) is 0 Å². The molecule has 0 aromatic heterocycles. The zero-order valence-electron chi connectivity index (χ0n) is 7.19. The third-order valence-electron chi connectivity index (χ3n) is 2.71. The van der Waals surface area contributed by atoms with E-state index in [0.717, 1.165) is 11.8 Å². The first-order valence-electron chi connectivity index (χ1n) is 4.51. The second-order valence-electron chi connectivity index (χ2n) is 3.50. The van der Waals surface area contributed by atoms with Crippen molar-refractivity contribution in [3.8, 4) is 0 Å². The van der Waals surface area contributed by atoms with Gasteiger partial charge in [0.25, 0.3) is 0 Å². The maximum Gasteiger partial charge on any atom is -0.00493 e. The van der Waals surface area contributed by atoms with Gasteiger partial charge in [-0.1, -0.05) is 13.3 Å². The van der Waals surface area contributed by atoms with Gasteiger partial charge in [0.15, 0.2) is 0 Å². The molecule has 10 heavy (non-hydrogen) atoms. The molecule has 0 atom stereocenters. The Morgan fingerprint density at radius 1 is 1.30 bits per heavy atom. The van der Waals surface area contributed by atoms with Crippen molar-refractivity contribution >= 4 is 0 Å². The highest BCUT2D eigenvalue weighted by molar-refractivity contribution is 4.78. The van der Waals surface area contributed by atoms with Gasteiger partial charge in [-0.25, -0.2) is 0 Å². The highest BCUT2D eigenvalue weighted by Crippen LogP contribution is 2.37. The highest BCUT2D eigenvalue weighted by Gasteiger charge is 2.26. The Kier molecular flexibility index (Phi) is 3.20. The van der Waals surface area contributed by atoms with Gasteiger partial charge >= 0.3 is 0 Å². The topological polar surface area (TPSA) is 12.0 Å². The quantitative estimate of drug-likeness (QED) is 0.631. The molecule has 1 aliphatic rings. The van der Waals surface area contributed by atoms with Crippen LogP contribution < -0.4 is 5.32 Å². The van der Waals surface area contributed by atoms with Gasteiger partial charge in [0.1, 0.15) is 0 Å². The number of hydrogen-bond donors (Lipinski definition) is 1. The summed E-state index contributed by atoms with van der Waals surface area (Å²) in [6, 6.07) is 0. The minimum absolute atomic E-state index is 1.05. The van der Waals surface area contributed by atoms with E-state index in [-0.39, 0.29) is 0 Å². The summed E-state index contributed by atoms with van der Waals surface area (Å²) in [4.78, 5) is 0. The first-order chi connectivity index (χ1) is 4.86. The second kappa shape index (κ2) is 3.97. The summed E-state index contributed by atoms with van der Waals surface area (Å²) in [6.45, 7) is 3.51. The maximum atomic E-state index is 3.20. The zero-order valence-corrected chi connectivity index (χ0v) is 7.19. The third kappa shape index (κ3) is 1.98. The van der Waals surface area contributed by atoms with E-state index in [1.54, 1.807) is 0 Å². The Balaban J connectivity index is 1.93. The standard InChI is InChI=1S/C9H19N/c1-3-8-6-9(7-8)4-5-10-2/h8-10H,3-7H2,1-2H3. The molecular weight excluding hydrogens is 122 g/mol. The molecule has 0 bridgehead atoms. The van der Waals surface area contributed by atoms with Gasteiger partial charge in [-0.3, -0.25) is 0 Å². The molecule has 0 unspecified atom stereocenters. The van der Waals surface area contributed by atoms with Crippen molar-refractivity contribution in [1.29, 1.82) is 0 Å². The van der Waals surface area contributed by atoms with Crippen molar-refractivity contribution < 1.29 is 0 Å². The lowest BCUT2D eigenvalue weighted by molar-refractivity contribution is 0.177. The first-order valence-corrected chi connectivity index (χ1v) is 4.51. The highest BCUT2D eigenvalue weighted by atomic mass is 14.8. The SMILES string of the molecule is CCC1CC(CCNC)C1. The molecule has 0 aliphatic heterocycles. The normalized spacial score (nSPS) is 31.8. The van der Waals surface area contributed by atoms with E-state index in [2.05, 4.69) is 12.2 Å². The van der Waals surface area contributed by atoms with Crippen LogP contribution in [0.15, 0.2) is 0 Å². The average Bonchev–Trinajstić information content (AvgIpc) is 1.86. The van der Waals surface area contributed by atoms with E-state index in [1.165, 1.54) is 32.2 Å². The van der Waals surface area contributed by atoms with Crippen LogP contribution in [0.2, 0.25) is 0 Å². The third-order valence-corrected chi connectivity index (χ3v) is 2.71. The summed E-state index contributed by atoms with van der Waals surface area (Å²) in [6.07, 6.45) is 5.79. The minimum atomic E-state index is 1.05. The molecular formula is C9H19N. The molecule has 1 N–H and O–H groups in total. The number of rotatable bonds is 4. The fourth-order valence-electron chi connectivity index (χ4n) is 1.79. The second-order valence-corrected chi connectivity index (χ2v) is 3.50. The molecule has 1 rings (SSSR count). The largest absolute Gasteiger partial charge is 0.320 e. The molecule has 1 saturated carbocycles. The lowest BCUT2D eigenvalue weighted by Gasteiger charge is -2.34. The molecule has 0 heterocycles. The van der Waals surface area contributed by atoms with Crippen molar-refractivity contribution in [2.75, 3.05) is 13.6 Å². The van der Waals surface area contributed by atoms with Crippen LogP contribution in [0, 0.1) is 11.8 Å². The van der Waals surface area contributed by atoms with Crippen molar-refractivity contribution in [1.82, 2.24) is 5.32 Å². The predicted molar refractivity (Wildman–Crippen MR) is 45.0 cm³/mol. The van der Waals surface area contributed by atoms with Crippen LogP contribution >= 0.6 is 0 Å². The van der Waals surface area contributed by atoms with Crippen LogP contribution in [0.3, 0.4) is 0 Å². The van der Waals surface area contributed by atoms with Crippen LogP contribution in [-0.2, 0) is 0 Å². The van der Waals surface area contributed by atoms with E-state index in [1.807, 2.05) is 7.05 Å². The lowest BCUT2D eigenvalue weighted by atomic mass is 9.72. The van der Waals surface area contributed by atoms with Crippen LogP contribution in [0.1, 0.15) is 32.6 Å². The lowest BCUT2D eigenvalue weighted by Crippen LogP contribution is -2.25. The molecule has 0 amide bonds. The fraction of sp³-hybridized carbons (Fsp3) is 1.00. The number of hydrogen-bond acceptors (Lipinski definition) is 1. The van der Waals surface area contributed by atoms with Crippen LogP contribution in [0.5, 0.6) is 0 Å². The summed E-state index contributed by atoms with van der Waals surface area (Å²) in [5.41, 5.74) is 0. The van der Waals surface area contributed by atoms with Gasteiger partial charge in [0, 0.05) is 0 Å². The molecule has 1 aliphatic carbocycles. The molecule has 0 saturated heterocycles. The van der Waals surface area contributed by atoms with Gasteiger partial charge in [0.05, 0.1) is 0 Å². The van der Waals surface area contributed by atoms with Crippen molar-refractivity contribution in [2.45, 2.75) is 32.6 Å². The molecule has 1 nitrogen and oxygen atoms in total. The van der Waals surface area contributed by atoms with Gasteiger partial charge in [-0.05, 0) is 44.7 Å². The smallest absolute Gasteiger partial charge is 0.00493 e. The molecule has 60 valence electrons. The zero-order chi connectivity index (χ0) is 7.40. The van der Waals surface area contributed by atoms with Crippen LogP contribution in [0.4, 0.5) is 0 Å². The summed E-state index contributed by atoms with van der Waals surface area (Å²) < 4.78 is 0. The van der Waals surface area contributed by atoms with Crippen LogP contribution in [0.25, 0.3) is 0 Å². The van der Waals surface area contributed by atoms with Gasteiger partial charge < -0.3 is 5.32 Å². The van der Waals surface area contributed by atoms with E-state index in [0.29, 0.717) is 0 Å².